The van der Waals surface area contributed by atoms with Crippen LogP contribution in [-0.4, -0.2) is 55.8 Å². The van der Waals surface area contributed by atoms with Gasteiger partial charge in [-0.25, -0.2) is 0 Å². The Hall–Kier alpha value is -2.90. The van der Waals surface area contributed by atoms with Gasteiger partial charge in [-0.05, 0) is 36.0 Å². The highest BCUT2D eigenvalue weighted by molar-refractivity contribution is 5.92. The van der Waals surface area contributed by atoms with Gasteiger partial charge in [0.2, 0.25) is 0 Å². The van der Waals surface area contributed by atoms with Crippen LogP contribution in [0.1, 0.15) is 47.7 Å². The van der Waals surface area contributed by atoms with Crippen LogP contribution < -0.4 is 4.74 Å². The summed E-state index contributed by atoms with van der Waals surface area (Å²) in [6.45, 7) is 5.65. The van der Waals surface area contributed by atoms with Crippen molar-refractivity contribution in [2.45, 2.75) is 25.7 Å². The molecule has 1 saturated heterocycles. The molecule has 2 fully saturated rings. The third-order valence-corrected chi connectivity index (χ3v) is 5.86. The van der Waals surface area contributed by atoms with E-state index in [0.717, 1.165) is 36.0 Å². The molecule has 3 aromatic heterocycles. The monoisotopic (exact) mass is 366 g/mol. The van der Waals surface area contributed by atoms with Gasteiger partial charge < -0.3 is 9.64 Å². The van der Waals surface area contributed by atoms with Crippen LogP contribution in [0.3, 0.4) is 0 Å². The van der Waals surface area contributed by atoms with Crippen molar-refractivity contribution in [3.63, 3.8) is 0 Å². The van der Waals surface area contributed by atoms with Gasteiger partial charge in [0.1, 0.15) is 17.3 Å². The fourth-order valence-corrected chi connectivity index (χ4v) is 4.22. The summed E-state index contributed by atoms with van der Waals surface area (Å²) in [5.74, 6) is 3.32. The number of carbonyl (C=O) groups excluding carboxylic acids is 1. The summed E-state index contributed by atoms with van der Waals surface area (Å²) in [6.07, 6.45) is 1.93. The van der Waals surface area contributed by atoms with Gasteiger partial charge >= 0.3 is 0 Å². The number of piperidine rings is 1. The summed E-state index contributed by atoms with van der Waals surface area (Å²) in [5.41, 5.74) is 2.32. The van der Waals surface area contributed by atoms with Crippen molar-refractivity contribution in [3.05, 3.63) is 41.6 Å². The fraction of sp³-hybridized carbons (Fsp3) is 0.474. The van der Waals surface area contributed by atoms with Gasteiger partial charge in [0.05, 0.1) is 13.3 Å². The minimum Gasteiger partial charge on any atom is -0.495 e. The quantitative estimate of drug-likeness (QED) is 0.764. The summed E-state index contributed by atoms with van der Waals surface area (Å²) < 4.78 is 7.33. The van der Waals surface area contributed by atoms with E-state index in [4.69, 9.17) is 4.74 Å². The number of H-pyrrole nitrogens is 1. The smallest absolute Gasteiger partial charge is 0.274 e. The molecule has 8 nitrogen and oxygen atoms in total. The number of aromatic nitrogens is 5. The third kappa shape index (κ3) is 2.50. The highest BCUT2D eigenvalue weighted by Crippen LogP contribution is 2.57. The Balaban J connectivity index is 1.31. The molecular formula is C19H22N6O2. The lowest BCUT2D eigenvalue weighted by Gasteiger charge is -2.18. The van der Waals surface area contributed by atoms with Gasteiger partial charge in [0, 0.05) is 24.7 Å². The molecular weight excluding hydrogens is 344 g/mol. The number of pyridine rings is 1. The number of nitrogens with zero attached hydrogens (tertiary/aromatic N) is 5. The molecule has 3 atom stereocenters. The first kappa shape index (κ1) is 16.3. The van der Waals surface area contributed by atoms with Crippen LogP contribution in [0.5, 0.6) is 5.75 Å². The lowest BCUT2D eigenvalue weighted by Crippen LogP contribution is -2.31. The van der Waals surface area contributed by atoms with E-state index in [-0.39, 0.29) is 5.91 Å². The zero-order valence-corrected chi connectivity index (χ0v) is 15.6. The fourth-order valence-electron chi connectivity index (χ4n) is 4.22. The van der Waals surface area contributed by atoms with Crippen molar-refractivity contribution >= 4 is 11.6 Å². The Morgan fingerprint density at radius 1 is 1.26 bits per heavy atom. The number of rotatable bonds is 4. The molecule has 0 aromatic carbocycles. The van der Waals surface area contributed by atoms with Crippen LogP contribution in [0, 0.1) is 11.8 Å². The summed E-state index contributed by atoms with van der Waals surface area (Å²) in [4.78, 5) is 14.6. The number of hydrogen-bond donors (Lipinski definition) is 1. The van der Waals surface area contributed by atoms with Crippen LogP contribution in [0.2, 0.25) is 0 Å². The van der Waals surface area contributed by atoms with Crippen LogP contribution in [0.4, 0.5) is 0 Å². The molecule has 1 aliphatic heterocycles. The molecule has 2 aliphatic rings. The van der Waals surface area contributed by atoms with Gasteiger partial charge in [0.25, 0.3) is 5.91 Å². The summed E-state index contributed by atoms with van der Waals surface area (Å²) in [5, 5.41) is 15.8. The first-order valence-corrected chi connectivity index (χ1v) is 9.30. The van der Waals surface area contributed by atoms with Gasteiger partial charge in [-0.3, -0.25) is 14.3 Å². The Morgan fingerprint density at radius 2 is 2.04 bits per heavy atom. The number of fused-ring (bicyclic) bond motifs is 2. The third-order valence-electron chi connectivity index (χ3n) is 5.86. The zero-order chi connectivity index (χ0) is 18.7. The Morgan fingerprint density at radius 3 is 2.70 bits per heavy atom. The maximum absolute atomic E-state index is 12.7. The molecule has 140 valence electrons. The largest absolute Gasteiger partial charge is 0.495 e. The maximum atomic E-state index is 12.7. The molecule has 1 amide bonds. The number of amides is 1. The average Bonchev–Trinajstić information content (AvgIpc) is 3.17. The van der Waals surface area contributed by atoms with Crippen molar-refractivity contribution in [3.8, 4) is 5.75 Å². The number of likely N-dealkylation sites (tertiary alicyclic amines) is 1. The van der Waals surface area contributed by atoms with Gasteiger partial charge in [-0.2, -0.15) is 5.10 Å². The second-order valence-electron chi connectivity index (χ2n) is 7.78. The Bertz CT molecular complexity index is 1010. The van der Waals surface area contributed by atoms with Crippen LogP contribution in [0.25, 0.3) is 5.65 Å². The molecule has 27 heavy (non-hydrogen) atoms. The van der Waals surface area contributed by atoms with E-state index in [0.29, 0.717) is 29.4 Å². The normalized spacial score (nSPS) is 23.9. The number of hydrogen-bond acceptors (Lipinski definition) is 5. The Kier molecular flexibility index (Phi) is 3.50. The van der Waals surface area contributed by atoms with E-state index in [2.05, 4.69) is 34.2 Å². The molecule has 4 heterocycles. The molecule has 8 heteroatoms. The van der Waals surface area contributed by atoms with Crippen LogP contribution in [0.15, 0.2) is 24.4 Å². The molecule has 1 N–H and O–H groups in total. The number of aromatic amines is 1. The van der Waals surface area contributed by atoms with Gasteiger partial charge in [-0.1, -0.05) is 13.8 Å². The van der Waals surface area contributed by atoms with E-state index >= 15 is 0 Å². The van der Waals surface area contributed by atoms with E-state index in [9.17, 15) is 4.79 Å². The Labute approximate surface area is 156 Å². The van der Waals surface area contributed by atoms with Gasteiger partial charge in [0.15, 0.2) is 5.65 Å². The minimum atomic E-state index is 0.0110. The molecule has 1 unspecified atom stereocenters. The minimum absolute atomic E-state index is 0.0110. The SMILES string of the molecule is COc1ccc2nnc(C3[C@H]4CN(C(=O)c5cc(C(C)C)[nH]n5)C[C@@H]34)n2c1. The number of carbonyl (C=O) groups is 1. The molecule has 5 rings (SSSR count). The van der Waals surface area contributed by atoms with Crippen molar-refractivity contribution < 1.29 is 9.53 Å². The molecule has 3 aromatic rings. The van der Waals surface area contributed by atoms with E-state index < -0.39 is 0 Å². The van der Waals surface area contributed by atoms with Crippen LogP contribution >= 0.6 is 0 Å². The standard InChI is InChI=1S/C19H22N6O2/c1-10(2)14-6-15(21-20-14)19(26)24-8-12-13(9-24)17(12)18-23-22-16-5-4-11(27-3)7-25(16)18/h4-7,10,12-13,17H,8-9H2,1-3H3,(H,20,21)/t12-,13+,17?. The molecule has 0 spiro atoms. The molecule has 1 saturated carbocycles. The van der Waals surface area contributed by atoms with Crippen molar-refractivity contribution in [2.75, 3.05) is 20.2 Å². The predicted octanol–water partition coefficient (Wildman–Crippen LogP) is 2.07. The van der Waals surface area contributed by atoms with Gasteiger partial charge in [-0.15, -0.1) is 10.2 Å². The predicted molar refractivity (Wildman–Crippen MR) is 97.8 cm³/mol. The molecule has 1 aliphatic carbocycles. The number of ether oxygens (including phenoxy) is 1. The topological polar surface area (TPSA) is 88.4 Å². The number of nitrogens with one attached hydrogen (secondary N) is 1. The summed E-state index contributed by atoms with van der Waals surface area (Å²) >= 11 is 0. The molecule has 0 bridgehead atoms. The van der Waals surface area contributed by atoms with E-state index in [1.165, 1.54) is 0 Å². The van der Waals surface area contributed by atoms with Crippen LogP contribution in [-0.2, 0) is 0 Å². The van der Waals surface area contributed by atoms with Crippen molar-refractivity contribution in [1.82, 2.24) is 29.7 Å². The average molecular weight is 366 g/mol. The van der Waals surface area contributed by atoms with E-state index in [1.54, 1.807) is 7.11 Å². The lowest BCUT2D eigenvalue weighted by atomic mass is 10.1. The summed E-state index contributed by atoms with van der Waals surface area (Å²) in [6, 6.07) is 5.66. The second kappa shape index (κ2) is 5.80. The van der Waals surface area contributed by atoms with Crippen molar-refractivity contribution in [2.24, 2.45) is 11.8 Å². The molecule has 0 radical (unpaired) electrons. The van der Waals surface area contributed by atoms with Crippen molar-refractivity contribution in [1.29, 1.82) is 0 Å². The highest BCUT2D eigenvalue weighted by Gasteiger charge is 2.59. The summed E-state index contributed by atoms with van der Waals surface area (Å²) in [7, 11) is 1.65. The first-order valence-electron chi connectivity index (χ1n) is 9.30. The highest BCUT2D eigenvalue weighted by atomic mass is 16.5. The maximum Gasteiger partial charge on any atom is 0.274 e. The first-order chi connectivity index (χ1) is 13.1. The number of methoxy groups -OCH3 is 1. The van der Waals surface area contributed by atoms with E-state index in [1.807, 2.05) is 33.7 Å². The second-order valence-corrected chi connectivity index (χ2v) is 7.78. The zero-order valence-electron chi connectivity index (χ0n) is 15.6. The lowest BCUT2D eigenvalue weighted by molar-refractivity contribution is 0.0766.